The van der Waals surface area contributed by atoms with Gasteiger partial charge in [0.05, 0.1) is 5.00 Å². The molecule has 1 N–H and O–H groups in total. The van der Waals surface area contributed by atoms with E-state index in [1.165, 1.54) is 5.56 Å². The quantitative estimate of drug-likeness (QED) is 0.761. The Hall–Kier alpha value is -2.84. The number of nitrogens with one attached hydrogen (secondary N) is 1. The van der Waals surface area contributed by atoms with E-state index in [0.717, 1.165) is 10.6 Å². The van der Waals surface area contributed by atoms with Gasteiger partial charge in [-0.3, -0.25) is 0 Å². The number of aryl methyl sites for hydroxylation is 1. The summed E-state index contributed by atoms with van der Waals surface area (Å²) in [7, 11) is 0. The minimum atomic E-state index is 0.437. The van der Waals surface area contributed by atoms with E-state index in [1.54, 1.807) is 23.6 Å². The van der Waals surface area contributed by atoms with Gasteiger partial charge in [-0.2, -0.15) is 5.26 Å². The summed E-state index contributed by atoms with van der Waals surface area (Å²) in [5, 5.41) is 19.7. The van der Waals surface area contributed by atoms with Crippen molar-refractivity contribution in [3.05, 3.63) is 64.9 Å². The second kappa shape index (κ2) is 6.29. The number of thiophene rings is 1. The van der Waals surface area contributed by atoms with Crippen molar-refractivity contribution in [3.8, 4) is 17.3 Å². The molecule has 22 heavy (non-hydrogen) atoms. The molecule has 3 aromatic rings. The van der Waals surface area contributed by atoms with Crippen LogP contribution in [0.2, 0.25) is 0 Å². The van der Waals surface area contributed by atoms with E-state index >= 15 is 0 Å². The van der Waals surface area contributed by atoms with Gasteiger partial charge in [-0.1, -0.05) is 35.5 Å². The van der Waals surface area contributed by atoms with E-state index in [4.69, 9.17) is 4.52 Å². The summed E-state index contributed by atoms with van der Waals surface area (Å²) < 4.78 is 5.29. The summed E-state index contributed by atoms with van der Waals surface area (Å²) in [6, 6.07) is 13.7. The van der Waals surface area contributed by atoms with Crippen LogP contribution in [-0.2, 0) is 0 Å². The molecule has 4 nitrogen and oxygen atoms in total. The van der Waals surface area contributed by atoms with Gasteiger partial charge < -0.3 is 9.84 Å². The van der Waals surface area contributed by atoms with Gasteiger partial charge in [0.25, 0.3) is 0 Å². The molecule has 0 aliphatic rings. The summed E-state index contributed by atoms with van der Waals surface area (Å²) in [6.45, 7) is 2.04. The van der Waals surface area contributed by atoms with Crippen LogP contribution in [0.1, 0.15) is 16.9 Å². The van der Waals surface area contributed by atoms with Gasteiger partial charge in [0.2, 0.25) is 0 Å². The zero-order chi connectivity index (χ0) is 15.4. The largest absolute Gasteiger partial charge is 0.355 e. The summed E-state index contributed by atoms with van der Waals surface area (Å²) >= 11 is 1.62. The molecule has 5 heteroatoms. The van der Waals surface area contributed by atoms with Gasteiger partial charge in [-0.15, -0.1) is 11.3 Å². The maximum atomic E-state index is 9.37. The monoisotopic (exact) mass is 307 g/mol. The molecule has 0 amide bonds. The number of hydrogen-bond donors (Lipinski definition) is 1. The number of hydrogen-bond acceptors (Lipinski definition) is 5. The normalized spacial score (nSPS) is 10.7. The molecule has 0 aliphatic carbocycles. The van der Waals surface area contributed by atoms with Crippen LogP contribution in [-0.4, -0.2) is 5.16 Å². The highest BCUT2D eigenvalue weighted by atomic mass is 32.1. The SMILES string of the molecule is Cc1ccsc1NC=Cc1onc(-c2ccccc2)c1C#N. The van der Waals surface area contributed by atoms with Gasteiger partial charge >= 0.3 is 0 Å². The van der Waals surface area contributed by atoms with Gasteiger partial charge in [-0.05, 0) is 23.9 Å². The smallest absolute Gasteiger partial charge is 0.179 e. The van der Waals surface area contributed by atoms with Crippen LogP contribution in [0.15, 0.2) is 52.5 Å². The van der Waals surface area contributed by atoms with E-state index < -0.39 is 0 Å². The van der Waals surface area contributed by atoms with Crippen LogP contribution in [0.25, 0.3) is 17.3 Å². The number of aromatic nitrogens is 1. The molecule has 0 unspecified atom stereocenters. The third-order valence-corrected chi connectivity index (χ3v) is 4.14. The topological polar surface area (TPSA) is 61.9 Å². The van der Waals surface area contributed by atoms with Crippen LogP contribution in [0.5, 0.6) is 0 Å². The zero-order valence-corrected chi connectivity index (χ0v) is 12.7. The van der Waals surface area contributed by atoms with Crippen molar-refractivity contribution in [2.45, 2.75) is 6.92 Å². The fourth-order valence-corrected chi connectivity index (χ4v) is 2.83. The number of nitrogens with zero attached hydrogens (tertiary/aromatic N) is 2. The first-order valence-corrected chi connectivity index (χ1v) is 7.60. The summed E-state index contributed by atoms with van der Waals surface area (Å²) in [4.78, 5) is 0. The molecular formula is C17H13N3OS. The predicted molar refractivity (Wildman–Crippen MR) is 88.4 cm³/mol. The number of benzene rings is 1. The van der Waals surface area contributed by atoms with Crippen LogP contribution in [0.4, 0.5) is 5.00 Å². The molecule has 2 heterocycles. The highest BCUT2D eigenvalue weighted by Crippen LogP contribution is 2.26. The Kier molecular flexibility index (Phi) is 4.03. The Morgan fingerprint density at radius 2 is 2.09 bits per heavy atom. The lowest BCUT2D eigenvalue weighted by Crippen LogP contribution is -1.86. The van der Waals surface area contributed by atoms with E-state index in [-0.39, 0.29) is 0 Å². The minimum Gasteiger partial charge on any atom is -0.355 e. The minimum absolute atomic E-state index is 0.437. The van der Waals surface area contributed by atoms with Gasteiger partial charge in [0.15, 0.2) is 5.76 Å². The Morgan fingerprint density at radius 3 is 2.77 bits per heavy atom. The van der Waals surface area contributed by atoms with Crippen LogP contribution in [0.3, 0.4) is 0 Å². The van der Waals surface area contributed by atoms with E-state index in [0.29, 0.717) is 17.0 Å². The van der Waals surface area contributed by atoms with Gasteiger partial charge in [-0.25, -0.2) is 0 Å². The Labute approximate surface area is 132 Å². The molecule has 0 saturated carbocycles. The lowest BCUT2D eigenvalue weighted by atomic mass is 10.1. The first-order chi connectivity index (χ1) is 10.8. The molecule has 0 spiro atoms. The second-order valence-electron chi connectivity index (χ2n) is 4.66. The summed E-state index contributed by atoms with van der Waals surface area (Å²) in [5.41, 5.74) is 3.05. The van der Waals surface area contributed by atoms with Crippen molar-refractivity contribution >= 4 is 22.4 Å². The van der Waals surface area contributed by atoms with Crippen LogP contribution >= 0.6 is 11.3 Å². The first kappa shape index (κ1) is 14.1. The Bertz CT molecular complexity index is 840. The molecule has 0 atom stereocenters. The summed E-state index contributed by atoms with van der Waals surface area (Å²) in [5.74, 6) is 0.447. The molecule has 0 radical (unpaired) electrons. The average molecular weight is 307 g/mol. The second-order valence-corrected chi connectivity index (χ2v) is 5.57. The van der Waals surface area contributed by atoms with Gasteiger partial charge in [0.1, 0.15) is 17.3 Å². The number of nitriles is 1. The average Bonchev–Trinajstić information content (AvgIpc) is 3.14. The highest BCUT2D eigenvalue weighted by Gasteiger charge is 2.15. The predicted octanol–water partition coefficient (Wildman–Crippen LogP) is 4.67. The van der Waals surface area contributed by atoms with E-state index in [2.05, 4.69) is 16.5 Å². The summed E-state index contributed by atoms with van der Waals surface area (Å²) in [6.07, 6.45) is 3.48. The van der Waals surface area contributed by atoms with Crippen molar-refractivity contribution in [1.82, 2.24) is 5.16 Å². The molecule has 0 aliphatic heterocycles. The fourth-order valence-electron chi connectivity index (χ4n) is 2.03. The maximum Gasteiger partial charge on any atom is 0.179 e. The number of anilines is 1. The van der Waals surface area contributed by atoms with Gasteiger partial charge in [0, 0.05) is 17.8 Å². The molecule has 0 saturated heterocycles. The fraction of sp³-hybridized carbons (Fsp3) is 0.0588. The molecular weight excluding hydrogens is 294 g/mol. The highest BCUT2D eigenvalue weighted by molar-refractivity contribution is 7.14. The third kappa shape index (κ3) is 2.78. The van der Waals surface area contributed by atoms with Crippen molar-refractivity contribution in [3.63, 3.8) is 0 Å². The molecule has 3 rings (SSSR count). The standard InChI is InChI=1S/C17H13N3OS/c1-12-8-10-22-17(12)19-9-7-15-14(11-18)16(20-21-15)13-5-3-2-4-6-13/h2-10,19H,1H3. The van der Waals surface area contributed by atoms with E-state index in [9.17, 15) is 5.26 Å². The molecule has 0 fully saturated rings. The van der Waals surface area contributed by atoms with Crippen LogP contribution in [0, 0.1) is 18.3 Å². The molecule has 2 aromatic heterocycles. The lowest BCUT2D eigenvalue weighted by molar-refractivity contribution is 0.415. The van der Waals surface area contributed by atoms with Crippen molar-refractivity contribution in [2.24, 2.45) is 0 Å². The van der Waals surface area contributed by atoms with E-state index in [1.807, 2.05) is 48.7 Å². The molecule has 108 valence electrons. The van der Waals surface area contributed by atoms with Crippen molar-refractivity contribution in [1.29, 1.82) is 5.26 Å². The Morgan fingerprint density at radius 1 is 1.27 bits per heavy atom. The first-order valence-electron chi connectivity index (χ1n) is 6.72. The lowest BCUT2D eigenvalue weighted by Gasteiger charge is -1.97. The molecule has 0 bridgehead atoms. The van der Waals surface area contributed by atoms with Crippen molar-refractivity contribution in [2.75, 3.05) is 5.32 Å². The number of rotatable bonds is 4. The maximum absolute atomic E-state index is 9.37. The zero-order valence-electron chi connectivity index (χ0n) is 11.9. The van der Waals surface area contributed by atoms with Crippen molar-refractivity contribution < 1.29 is 4.52 Å². The van der Waals surface area contributed by atoms with Crippen LogP contribution < -0.4 is 5.32 Å². The Balaban J connectivity index is 1.85. The third-order valence-electron chi connectivity index (χ3n) is 3.19. The molecule has 1 aromatic carbocycles.